The highest BCUT2D eigenvalue weighted by atomic mass is 16.5. The Morgan fingerprint density at radius 1 is 1.12 bits per heavy atom. The number of fused-ring (bicyclic) bond motifs is 2. The Hall–Kier alpha value is -2.85. The summed E-state index contributed by atoms with van der Waals surface area (Å²) in [5.41, 5.74) is 4.00. The van der Waals surface area contributed by atoms with Gasteiger partial charge in [0.05, 0.1) is 5.52 Å². The third-order valence-electron chi connectivity index (χ3n) is 4.61. The van der Waals surface area contributed by atoms with Gasteiger partial charge >= 0.3 is 0 Å². The first-order valence-electron chi connectivity index (χ1n) is 8.94. The van der Waals surface area contributed by atoms with Crippen LogP contribution in [0.2, 0.25) is 0 Å². The second-order valence-electron chi connectivity index (χ2n) is 6.80. The summed E-state index contributed by atoms with van der Waals surface area (Å²) in [6, 6.07) is 18.4. The maximum absolute atomic E-state index is 6.05. The van der Waals surface area contributed by atoms with E-state index in [9.17, 15) is 0 Å². The molecule has 0 spiro atoms. The number of pyridine rings is 1. The summed E-state index contributed by atoms with van der Waals surface area (Å²) in [6.45, 7) is 5.43. The van der Waals surface area contributed by atoms with Crippen molar-refractivity contribution in [3.8, 4) is 5.75 Å². The molecule has 1 aliphatic rings. The van der Waals surface area contributed by atoms with Gasteiger partial charge in [0.1, 0.15) is 18.0 Å². The Labute approximate surface area is 153 Å². The van der Waals surface area contributed by atoms with E-state index in [1.165, 1.54) is 5.56 Å². The van der Waals surface area contributed by atoms with Crippen LogP contribution in [-0.4, -0.2) is 23.8 Å². The van der Waals surface area contributed by atoms with Crippen LogP contribution in [0.15, 0.2) is 60.7 Å². The average Bonchev–Trinajstić information content (AvgIpc) is 2.65. The molecule has 2 aromatic carbocycles. The predicted octanol–water partition coefficient (Wildman–Crippen LogP) is 4.37. The maximum atomic E-state index is 6.05. The summed E-state index contributed by atoms with van der Waals surface area (Å²) in [6.07, 6.45) is 4.31. The molecule has 0 fully saturated rings. The predicted molar refractivity (Wildman–Crippen MR) is 107 cm³/mol. The minimum Gasteiger partial charge on any atom is -0.491 e. The molecule has 26 heavy (non-hydrogen) atoms. The van der Waals surface area contributed by atoms with E-state index in [1.54, 1.807) is 0 Å². The molecular weight excluding hydrogens is 322 g/mol. The number of rotatable bonds is 5. The molecule has 1 aliphatic heterocycles. The lowest BCUT2D eigenvalue weighted by Crippen LogP contribution is -2.50. The van der Waals surface area contributed by atoms with Gasteiger partial charge in [-0.1, -0.05) is 36.4 Å². The lowest BCUT2D eigenvalue weighted by molar-refractivity contribution is 0.303. The topological polar surface area (TPSA) is 46.2 Å². The quantitative estimate of drug-likeness (QED) is 0.674. The number of aryl methyl sites for hydroxylation is 1. The number of aromatic nitrogens is 1. The number of hydrogen-bond donors (Lipinski definition) is 2. The monoisotopic (exact) mass is 345 g/mol. The third kappa shape index (κ3) is 3.41. The number of para-hydroxylation sites is 2. The van der Waals surface area contributed by atoms with E-state index in [2.05, 4.69) is 52.9 Å². The summed E-state index contributed by atoms with van der Waals surface area (Å²) in [5.74, 6) is 0.887. The fraction of sp³-hybridized carbons (Fsp3) is 0.227. The second-order valence-corrected chi connectivity index (χ2v) is 6.80. The number of benzene rings is 2. The Morgan fingerprint density at radius 2 is 1.92 bits per heavy atom. The Balaban J connectivity index is 1.39. The van der Waals surface area contributed by atoms with Crippen LogP contribution in [0.1, 0.15) is 18.2 Å². The van der Waals surface area contributed by atoms with Crippen molar-refractivity contribution >= 4 is 22.7 Å². The molecule has 0 saturated heterocycles. The normalized spacial score (nSPS) is 18.4. The molecule has 1 atom stereocenters. The molecule has 2 heterocycles. The Bertz CT molecular complexity index is 967. The van der Waals surface area contributed by atoms with Crippen LogP contribution in [0.5, 0.6) is 5.75 Å². The van der Waals surface area contributed by atoms with E-state index in [4.69, 9.17) is 4.74 Å². The van der Waals surface area contributed by atoms with Crippen LogP contribution in [0.3, 0.4) is 0 Å². The first-order valence-corrected chi connectivity index (χ1v) is 8.94. The van der Waals surface area contributed by atoms with E-state index in [-0.39, 0.29) is 5.66 Å². The Morgan fingerprint density at radius 3 is 2.85 bits per heavy atom. The zero-order valence-electron chi connectivity index (χ0n) is 15.1. The molecule has 4 heteroatoms. The van der Waals surface area contributed by atoms with E-state index in [0.29, 0.717) is 6.61 Å². The first-order chi connectivity index (χ1) is 12.6. The van der Waals surface area contributed by atoms with E-state index in [1.807, 2.05) is 43.3 Å². The lowest BCUT2D eigenvalue weighted by Gasteiger charge is -2.33. The van der Waals surface area contributed by atoms with Crippen molar-refractivity contribution in [2.24, 2.45) is 0 Å². The third-order valence-corrected chi connectivity index (χ3v) is 4.61. The second kappa shape index (κ2) is 6.81. The molecule has 1 aromatic heterocycles. The summed E-state index contributed by atoms with van der Waals surface area (Å²) in [7, 11) is 0. The Kier molecular flexibility index (Phi) is 4.35. The molecule has 4 nitrogen and oxygen atoms in total. The van der Waals surface area contributed by atoms with Gasteiger partial charge in [-0.05, 0) is 43.7 Å². The molecule has 2 N–H and O–H groups in total. The molecule has 0 saturated carbocycles. The van der Waals surface area contributed by atoms with Crippen molar-refractivity contribution in [1.82, 2.24) is 10.3 Å². The average molecular weight is 345 g/mol. The number of anilines is 1. The standard InChI is InChI=1S/C22H23N3O/c1-16-15-21(18-8-4-6-10-20(18)24-16)26-14-13-23-22(2)12-11-17-7-3-5-9-19(17)25-22/h3-12,15,23,25H,13-14H2,1-2H3. The minimum atomic E-state index is -0.284. The number of hydrogen-bond acceptors (Lipinski definition) is 4. The lowest BCUT2D eigenvalue weighted by atomic mass is 10.0. The van der Waals surface area contributed by atoms with Crippen molar-refractivity contribution in [2.45, 2.75) is 19.5 Å². The van der Waals surface area contributed by atoms with Crippen LogP contribution < -0.4 is 15.4 Å². The number of nitrogens with one attached hydrogen (secondary N) is 2. The molecule has 1 unspecified atom stereocenters. The summed E-state index contributed by atoms with van der Waals surface area (Å²) in [5, 5.41) is 8.13. The van der Waals surface area contributed by atoms with Gasteiger partial charge in [0.25, 0.3) is 0 Å². The van der Waals surface area contributed by atoms with Gasteiger partial charge in [-0.25, -0.2) is 0 Å². The summed E-state index contributed by atoms with van der Waals surface area (Å²) >= 11 is 0. The van der Waals surface area contributed by atoms with Gasteiger partial charge in [-0.15, -0.1) is 0 Å². The maximum Gasteiger partial charge on any atom is 0.130 e. The van der Waals surface area contributed by atoms with Crippen molar-refractivity contribution in [3.63, 3.8) is 0 Å². The summed E-state index contributed by atoms with van der Waals surface area (Å²) < 4.78 is 6.05. The number of nitrogens with zero attached hydrogens (tertiary/aromatic N) is 1. The highest BCUT2D eigenvalue weighted by Gasteiger charge is 2.23. The highest BCUT2D eigenvalue weighted by molar-refractivity contribution is 5.85. The molecule has 0 radical (unpaired) electrons. The molecule has 0 bridgehead atoms. The molecular formula is C22H23N3O. The van der Waals surface area contributed by atoms with Crippen molar-refractivity contribution in [3.05, 3.63) is 71.9 Å². The first kappa shape index (κ1) is 16.6. The van der Waals surface area contributed by atoms with Crippen molar-refractivity contribution < 1.29 is 4.74 Å². The van der Waals surface area contributed by atoms with Gasteiger partial charge in [0.2, 0.25) is 0 Å². The number of ether oxygens (including phenoxy) is 1. The highest BCUT2D eigenvalue weighted by Crippen LogP contribution is 2.27. The van der Waals surface area contributed by atoms with Crippen LogP contribution in [0.4, 0.5) is 5.69 Å². The van der Waals surface area contributed by atoms with Gasteiger partial charge in [0.15, 0.2) is 0 Å². The molecule has 0 amide bonds. The zero-order valence-corrected chi connectivity index (χ0v) is 15.1. The van der Waals surface area contributed by atoms with E-state index < -0.39 is 0 Å². The molecule has 3 aromatic rings. The van der Waals surface area contributed by atoms with Crippen LogP contribution >= 0.6 is 0 Å². The SMILES string of the molecule is Cc1cc(OCCNC2(C)C=Cc3ccccc3N2)c2ccccc2n1. The van der Waals surface area contributed by atoms with Gasteiger partial charge in [-0.2, -0.15) is 0 Å². The van der Waals surface area contributed by atoms with Crippen LogP contribution in [0.25, 0.3) is 17.0 Å². The molecule has 4 rings (SSSR count). The van der Waals surface area contributed by atoms with Crippen LogP contribution in [0, 0.1) is 6.92 Å². The van der Waals surface area contributed by atoms with Crippen molar-refractivity contribution in [2.75, 3.05) is 18.5 Å². The van der Waals surface area contributed by atoms with Gasteiger partial charge in [0, 0.05) is 29.4 Å². The molecule has 0 aliphatic carbocycles. The largest absolute Gasteiger partial charge is 0.491 e. The van der Waals surface area contributed by atoms with E-state index >= 15 is 0 Å². The van der Waals surface area contributed by atoms with E-state index in [0.717, 1.165) is 34.6 Å². The minimum absolute atomic E-state index is 0.284. The van der Waals surface area contributed by atoms with Crippen LogP contribution in [-0.2, 0) is 0 Å². The smallest absolute Gasteiger partial charge is 0.130 e. The van der Waals surface area contributed by atoms with Gasteiger partial charge in [-0.3, -0.25) is 10.3 Å². The fourth-order valence-electron chi connectivity index (χ4n) is 3.30. The van der Waals surface area contributed by atoms with Crippen molar-refractivity contribution in [1.29, 1.82) is 0 Å². The van der Waals surface area contributed by atoms with Gasteiger partial charge < -0.3 is 10.1 Å². The molecule has 132 valence electrons. The summed E-state index contributed by atoms with van der Waals surface area (Å²) in [4.78, 5) is 4.56. The zero-order chi connectivity index (χ0) is 18.0. The fourth-order valence-corrected chi connectivity index (χ4v) is 3.30.